The van der Waals surface area contributed by atoms with E-state index in [9.17, 15) is 17.0 Å². The molecule has 1 fully saturated rings. The van der Waals surface area contributed by atoms with Gasteiger partial charge in [-0.15, -0.1) is 0 Å². The molecule has 9 heteroatoms. The summed E-state index contributed by atoms with van der Waals surface area (Å²) in [5, 5.41) is -0.161. The van der Waals surface area contributed by atoms with Crippen LogP contribution in [0.3, 0.4) is 0 Å². The second kappa shape index (κ2) is 6.07. The number of nitrogens with two attached hydrogens (primary N) is 1. The Bertz CT molecular complexity index is 641. The molecule has 112 valence electrons. The number of benzene rings is 1. The van der Waals surface area contributed by atoms with Crippen LogP contribution in [0.15, 0.2) is 17.0 Å². The van der Waals surface area contributed by atoms with Crippen molar-refractivity contribution in [3.05, 3.63) is 28.5 Å². The van der Waals surface area contributed by atoms with E-state index in [0.717, 1.165) is 6.07 Å². The third-order valence-electron chi connectivity index (χ3n) is 3.07. The highest BCUT2D eigenvalue weighted by atomic mass is 35.5. The lowest BCUT2D eigenvalue weighted by Crippen LogP contribution is -2.41. The molecular weight excluding hydrogens is 327 g/mol. The van der Waals surface area contributed by atoms with Gasteiger partial charge in [-0.05, 0) is 17.7 Å². The van der Waals surface area contributed by atoms with Crippen molar-refractivity contribution in [1.29, 1.82) is 0 Å². The van der Waals surface area contributed by atoms with Crippen molar-refractivity contribution in [2.45, 2.75) is 11.4 Å². The van der Waals surface area contributed by atoms with Crippen molar-refractivity contribution >= 4 is 32.4 Å². The molecule has 0 unspecified atom stereocenters. The van der Waals surface area contributed by atoms with E-state index in [1.54, 1.807) is 0 Å². The van der Waals surface area contributed by atoms with Gasteiger partial charge in [-0.25, -0.2) is 12.8 Å². The maximum atomic E-state index is 13.7. The number of rotatable bonds is 3. The molecule has 1 aromatic rings. The molecule has 1 heterocycles. The van der Waals surface area contributed by atoms with Crippen molar-refractivity contribution < 1.29 is 17.0 Å². The van der Waals surface area contributed by atoms with E-state index in [-0.39, 0.29) is 35.1 Å². The average Bonchev–Trinajstić information content (AvgIpc) is 2.42. The van der Waals surface area contributed by atoms with Crippen LogP contribution < -0.4 is 5.73 Å². The smallest absolute Gasteiger partial charge is 0.243 e. The summed E-state index contributed by atoms with van der Waals surface area (Å²) in [5.41, 5.74) is 5.67. The van der Waals surface area contributed by atoms with Gasteiger partial charge in [0.05, 0.1) is 9.92 Å². The summed E-state index contributed by atoms with van der Waals surface area (Å²) in [7, 11) is -4.80. The van der Waals surface area contributed by atoms with E-state index in [0.29, 0.717) is 11.5 Å². The highest BCUT2D eigenvalue weighted by Crippen LogP contribution is 2.26. The highest BCUT2D eigenvalue weighted by molar-refractivity contribution is 7.89. The SMILES string of the molecule is NCc1cc(S(=O)(=O)N2CCS(=O)CC2)cc(F)c1Cl. The Balaban J connectivity index is 2.39. The maximum absolute atomic E-state index is 13.7. The Morgan fingerprint density at radius 2 is 1.95 bits per heavy atom. The Morgan fingerprint density at radius 3 is 2.50 bits per heavy atom. The summed E-state index contributed by atoms with van der Waals surface area (Å²) < 4.78 is 50.9. The van der Waals surface area contributed by atoms with E-state index in [1.807, 2.05) is 0 Å². The summed E-state index contributed by atoms with van der Waals surface area (Å²) in [6.45, 7) is 0.275. The first-order valence-electron chi connectivity index (χ1n) is 5.89. The van der Waals surface area contributed by atoms with E-state index in [4.69, 9.17) is 17.3 Å². The fourth-order valence-electron chi connectivity index (χ4n) is 1.93. The maximum Gasteiger partial charge on any atom is 0.243 e. The van der Waals surface area contributed by atoms with Gasteiger partial charge in [0.25, 0.3) is 0 Å². The second-order valence-electron chi connectivity index (χ2n) is 4.33. The van der Waals surface area contributed by atoms with Gasteiger partial charge in [-0.3, -0.25) is 4.21 Å². The van der Waals surface area contributed by atoms with Crippen molar-refractivity contribution in [3.8, 4) is 0 Å². The molecule has 1 saturated heterocycles. The zero-order valence-electron chi connectivity index (χ0n) is 10.5. The topological polar surface area (TPSA) is 80.5 Å². The summed E-state index contributed by atoms with van der Waals surface area (Å²) in [6.07, 6.45) is 0. The number of hydrogen-bond acceptors (Lipinski definition) is 4. The zero-order valence-corrected chi connectivity index (χ0v) is 12.9. The fraction of sp³-hybridized carbons (Fsp3) is 0.455. The second-order valence-corrected chi connectivity index (χ2v) is 8.35. The molecule has 1 aliphatic rings. The van der Waals surface area contributed by atoms with Crippen molar-refractivity contribution in [1.82, 2.24) is 4.31 Å². The lowest BCUT2D eigenvalue weighted by Gasteiger charge is -2.25. The fourth-order valence-corrected chi connectivity index (χ4v) is 4.90. The number of hydrogen-bond donors (Lipinski definition) is 1. The van der Waals surface area contributed by atoms with Crippen molar-refractivity contribution in [2.24, 2.45) is 5.73 Å². The minimum Gasteiger partial charge on any atom is -0.326 e. The van der Waals surface area contributed by atoms with Crippen LogP contribution in [-0.4, -0.2) is 41.5 Å². The van der Waals surface area contributed by atoms with Crippen LogP contribution in [0, 0.1) is 5.82 Å². The summed E-state index contributed by atoms with van der Waals surface area (Å²) in [4.78, 5) is -0.174. The predicted molar refractivity (Wildman–Crippen MR) is 75.9 cm³/mol. The molecule has 5 nitrogen and oxygen atoms in total. The molecule has 0 radical (unpaired) electrons. The number of nitrogens with zero attached hydrogens (tertiary/aromatic N) is 1. The summed E-state index contributed by atoms with van der Waals surface area (Å²) in [5.74, 6) is -0.230. The third-order valence-corrected chi connectivity index (χ3v) is 6.65. The Hall–Kier alpha value is -0.540. The van der Waals surface area contributed by atoms with Gasteiger partial charge in [-0.2, -0.15) is 4.31 Å². The van der Waals surface area contributed by atoms with Gasteiger partial charge >= 0.3 is 0 Å². The van der Waals surface area contributed by atoms with Gasteiger partial charge in [0, 0.05) is 41.9 Å². The number of halogens is 2. The molecule has 1 aromatic carbocycles. The zero-order chi connectivity index (χ0) is 14.9. The number of sulfonamides is 1. The van der Waals surface area contributed by atoms with Gasteiger partial charge in [0.1, 0.15) is 5.82 Å². The summed E-state index contributed by atoms with van der Waals surface area (Å²) in [6, 6.07) is 2.18. The first-order valence-corrected chi connectivity index (χ1v) is 9.20. The van der Waals surface area contributed by atoms with Crippen LogP contribution in [-0.2, 0) is 27.4 Å². The molecule has 0 atom stereocenters. The van der Waals surface area contributed by atoms with Gasteiger partial charge < -0.3 is 5.73 Å². The van der Waals surface area contributed by atoms with E-state index in [2.05, 4.69) is 0 Å². The molecule has 0 amide bonds. The van der Waals surface area contributed by atoms with E-state index in [1.165, 1.54) is 10.4 Å². The Kier molecular flexibility index (Phi) is 4.80. The van der Waals surface area contributed by atoms with Crippen LogP contribution in [0.4, 0.5) is 4.39 Å². The van der Waals surface area contributed by atoms with Crippen LogP contribution in [0.2, 0.25) is 5.02 Å². The molecule has 1 aliphatic heterocycles. The van der Waals surface area contributed by atoms with Gasteiger partial charge in [0.15, 0.2) is 0 Å². The molecule has 0 bridgehead atoms. The molecule has 0 spiro atoms. The summed E-state index contributed by atoms with van der Waals surface area (Å²) >= 11 is 5.72. The minimum atomic E-state index is -3.81. The molecule has 20 heavy (non-hydrogen) atoms. The Labute approximate surface area is 124 Å². The third kappa shape index (κ3) is 3.04. The largest absolute Gasteiger partial charge is 0.326 e. The lowest BCUT2D eigenvalue weighted by molar-refractivity contribution is 0.438. The first-order chi connectivity index (χ1) is 9.36. The minimum absolute atomic E-state index is 0.0525. The van der Waals surface area contributed by atoms with Crippen molar-refractivity contribution in [2.75, 3.05) is 24.6 Å². The highest BCUT2D eigenvalue weighted by Gasteiger charge is 2.29. The van der Waals surface area contributed by atoms with E-state index >= 15 is 0 Å². The van der Waals surface area contributed by atoms with E-state index < -0.39 is 26.6 Å². The Morgan fingerprint density at radius 1 is 1.35 bits per heavy atom. The molecule has 0 aliphatic carbocycles. The molecule has 2 N–H and O–H groups in total. The predicted octanol–water partition coefficient (Wildman–Crippen LogP) is 0.691. The quantitative estimate of drug-likeness (QED) is 0.878. The van der Waals surface area contributed by atoms with Crippen molar-refractivity contribution in [3.63, 3.8) is 0 Å². The van der Waals surface area contributed by atoms with Gasteiger partial charge in [-0.1, -0.05) is 11.6 Å². The van der Waals surface area contributed by atoms with Crippen LogP contribution >= 0.6 is 11.6 Å². The van der Waals surface area contributed by atoms with Crippen LogP contribution in [0.25, 0.3) is 0 Å². The normalized spacial score (nSPS) is 18.4. The molecule has 2 rings (SSSR count). The average molecular weight is 341 g/mol. The first kappa shape index (κ1) is 15.8. The van der Waals surface area contributed by atoms with Crippen LogP contribution in [0.1, 0.15) is 5.56 Å². The molecule has 0 saturated carbocycles. The van der Waals surface area contributed by atoms with Crippen LogP contribution in [0.5, 0.6) is 0 Å². The monoisotopic (exact) mass is 340 g/mol. The lowest BCUT2D eigenvalue weighted by atomic mass is 10.2. The molecule has 0 aromatic heterocycles. The standard InChI is InChI=1S/C11H14ClFN2O3S2/c12-11-8(7-14)5-9(6-10(11)13)20(17,18)15-1-3-19(16)4-2-15/h5-6H,1-4,7,14H2. The van der Waals surface area contributed by atoms with Gasteiger partial charge in [0.2, 0.25) is 10.0 Å². The molecular formula is C11H14ClFN2O3S2.